The van der Waals surface area contributed by atoms with Crippen LogP contribution in [0.5, 0.6) is 0 Å². The minimum atomic E-state index is 0.354. The van der Waals surface area contributed by atoms with E-state index in [1.807, 2.05) is 37.3 Å². The van der Waals surface area contributed by atoms with Gasteiger partial charge in [0.1, 0.15) is 12.4 Å². The quantitative estimate of drug-likeness (QED) is 0.795. The van der Waals surface area contributed by atoms with Crippen molar-refractivity contribution in [1.82, 2.24) is 15.0 Å². The van der Waals surface area contributed by atoms with Crippen LogP contribution in [0.4, 0.5) is 5.82 Å². The Labute approximate surface area is 122 Å². The number of rotatable bonds is 4. The van der Waals surface area contributed by atoms with E-state index in [0.29, 0.717) is 24.9 Å². The maximum Gasteiger partial charge on any atom is 0.157 e. The summed E-state index contributed by atoms with van der Waals surface area (Å²) in [4.78, 5) is 13.2. The van der Waals surface area contributed by atoms with E-state index >= 15 is 0 Å². The van der Waals surface area contributed by atoms with Crippen LogP contribution in [0.2, 0.25) is 0 Å². The molecule has 0 saturated heterocycles. The van der Waals surface area contributed by atoms with Crippen molar-refractivity contribution >= 4 is 16.7 Å². The number of ether oxygens (including phenoxy) is 1. The molecular formula is C16H16N4O. The Morgan fingerprint density at radius 3 is 2.86 bits per heavy atom. The fourth-order valence-corrected chi connectivity index (χ4v) is 2.22. The number of hydrogen-bond acceptors (Lipinski definition) is 5. The van der Waals surface area contributed by atoms with Crippen molar-refractivity contribution in [2.24, 2.45) is 0 Å². The lowest BCUT2D eigenvalue weighted by Gasteiger charge is -2.08. The molecule has 0 aliphatic carbocycles. The van der Waals surface area contributed by atoms with Crippen LogP contribution in [0.25, 0.3) is 22.2 Å². The number of benzene rings is 1. The number of hydrogen-bond donors (Lipinski definition) is 1. The molecule has 0 atom stereocenters. The summed E-state index contributed by atoms with van der Waals surface area (Å²) >= 11 is 0. The van der Waals surface area contributed by atoms with Crippen molar-refractivity contribution in [2.45, 2.75) is 13.5 Å². The topological polar surface area (TPSA) is 73.9 Å². The van der Waals surface area contributed by atoms with E-state index in [1.54, 1.807) is 12.3 Å². The van der Waals surface area contributed by atoms with E-state index in [4.69, 9.17) is 10.5 Å². The highest BCUT2D eigenvalue weighted by molar-refractivity contribution is 5.92. The van der Waals surface area contributed by atoms with Crippen molar-refractivity contribution in [3.8, 4) is 11.3 Å². The average Bonchev–Trinajstić information content (AvgIpc) is 2.52. The van der Waals surface area contributed by atoms with E-state index in [1.165, 1.54) is 0 Å². The van der Waals surface area contributed by atoms with Gasteiger partial charge in [0.25, 0.3) is 0 Å². The summed E-state index contributed by atoms with van der Waals surface area (Å²) in [7, 11) is 0. The molecule has 2 aromatic heterocycles. The lowest BCUT2D eigenvalue weighted by molar-refractivity contribution is 0.128. The Morgan fingerprint density at radius 1 is 1.14 bits per heavy atom. The summed E-state index contributed by atoms with van der Waals surface area (Å²) in [5.41, 5.74) is 8.50. The van der Waals surface area contributed by atoms with Gasteiger partial charge in [0.15, 0.2) is 5.82 Å². The lowest BCUT2D eigenvalue weighted by atomic mass is 10.1. The second-order valence-electron chi connectivity index (χ2n) is 4.61. The average molecular weight is 280 g/mol. The van der Waals surface area contributed by atoms with Gasteiger partial charge in [-0.05, 0) is 13.0 Å². The summed E-state index contributed by atoms with van der Waals surface area (Å²) in [6.45, 7) is 2.90. The molecule has 21 heavy (non-hydrogen) atoms. The van der Waals surface area contributed by atoms with Gasteiger partial charge in [-0.2, -0.15) is 0 Å². The molecule has 0 spiro atoms. The SMILES string of the molecule is CCOCc1nc(N)cc(-c2cccc3cccnc23)n1. The van der Waals surface area contributed by atoms with Crippen LogP contribution in [0.3, 0.4) is 0 Å². The summed E-state index contributed by atoms with van der Waals surface area (Å²) in [6, 6.07) is 11.7. The number of pyridine rings is 1. The van der Waals surface area contributed by atoms with Crippen LogP contribution in [0.1, 0.15) is 12.7 Å². The first-order valence-corrected chi connectivity index (χ1v) is 6.83. The first-order valence-electron chi connectivity index (χ1n) is 6.83. The molecule has 5 heteroatoms. The van der Waals surface area contributed by atoms with Gasteiger partial charge in [0.05, 0.1) is 11.2 Å². The Bertz CT molecular complexity index is 768. The lowest BCUT2D eigenvalue weighted by Crippen LogP contribution is -2.03. The molecule has 5 nitrogen and oxygen atoms in total. The summed E-state index contributed by atoms with van der Waals surface area (Å²) in [5, 5.41) is 1.07. The van der Waals surface area contributed by atoms with E-state index in [9.17, 15) is 0 Å². The minimum Gasteiger partial charge on any atom is -0.384 e. The number of nitrogens with two attached hydrogens (primary N) is 1. The first-order chi connectivity index (χ1) is 10.3. The summed E-state index contributed by atoms with van der Waals surface area (Å²) in [6.07, 6.45) is 1.78. The highest BCUT2D eigenvalue weighted by Gasteiger charge is 2.09. The van der Waals surface area contributed by atoms with Gasteiger partial charge in [-0.15, -0.1) is 0 Å². The predicted molar refractivity (Wildman–Crippen MR) is 82.5 cm³/mol. The standard InChI is InChI=1S/C16H16N4O/c1-2-21-10-15-19-13(9-14(17)20-15)12-7-3-5-11-6-4-8-18-16(11)12/h3-9H,2,10H2,1H3,(H2,17,19,20). The molecule has 2 heterocycles. The van der Waals surface area contributed by atoms with Crippen LogP contribution in [-0.4, -0.2) is 21.6 Å². The third kappa shape index (κ3) is 2.83. The van der Waals surface area contributed by atoms with Crippen LogP contribution >= 0.6 is 0 Å². The first kappa shape index (κ1) is 13.5. The van der Waals surface area contributed by atoms with Crippen molar-refractivity contribution in [3.05, 3.63) is 48.4 Å². The van der Waals surface area contributed by atoms with Gasteiger partial charge in [0.2, 0.25) is 0 Å². The number of fused-ring (bicyclic) bond motifs is 1. The molecule has 0 radical (unpaired) electrons. The second kappa shape index (κ2) is 5.85. The molecular weight excluding hydrogens is 264 g/mol. The van der Waals surface area contributed by atoms with Crippen LogP contribution < -0.4 is 5.73 Å². The van der Waals surface area contributed by atoms with Crippen molar-refractivity contribution in [1.29, 1.82) is 0 Å². The van der Waals surface area contributed by atoms with Crippen molar-refractivity contribution in [2.75, 3.05) is 12.3 Å². The smallest absolute Gasteiger partial charge is 0.157 e. The largest absolute Gasteiger partial charge is 0.384 e. The number of aromatic nitrogens is 3. The Morgan fingerprint density at radius 2 is 2.00 bits per heavy atom. The normalized spacial score (nSPS) is 10.9. The molecule has 0 aliphatic heterocycles. The fraction of sp³-hybridized carbons (Fsp3) is 0.188. The van der Waals surface area contributed by atoms with Gasteiger partial charge < -0.3 is 10.5 Å². The van der Waals surface area contributed by atoms with Crippen molar-refractivity contribution in [3.63, 3.8) is 0 Å². The van der Waals surface area contributed by atoms with Crippen LogP contribution in [0.15, 0.2) is 42.6 Å². The predicted octanol–water partition coefficient (Wildman–Crippen LogP) is 2.81. The van der Waals surface area contributed by atoms with Gasteiger partial charge in [-0.3, -0.25) is 4.98 Å². The third-order valence-corrected chi connectivity index (χ3v) is 3.14. The zero-order chi connectivity index (χ0) is 14.7. The van der Waals surface area contributed by atoms with Crippen LogP contribution in [-0.2, 0) is 11.3 Å². The molecule has 0 bridgehead atoms. The van der Waals surface area contributed by atoms with Crippen LogP contribution in [0, 0.1) is 0 Å². The molecule has 1 aromatic carbocycles. The number of anilines is 1. The molecule has 2 N–H and O–H groups in total. The highest BCUT2D eigenvalue weighted by Crippen LogP contribution is 2.26. The van der Waals surface area contributed by atoms with E-state index < -0.39 is 0 Å². The molecule has 3 aromatic rings. The zero-order valence-corrected chi connectivity index (χ0v) is 11.8. The summed E-state index contributed by atoms with van der Waals surface area (Å²) in [5.74, 6) is 1.02. The van der Waals surface area contributed by atoms with E-state index in [2.05, 4.69) is 15.0 Å². The molecule has 0 unspecified atom stereocenters. The molecule has 3 rings (SSSR count). The molecule has 0 amide bonds. The van der Waals surface area contributed by atoms with Gasteiger partial charge in [-0.1, -0.05) is 24.3 Å². The maximum absolute atomic E-state index is 5.89. The van der Waals surface area contributed by atoms with E-state index in [-0.39, 0.29) is 0 Å². The van der Waals surface area contributed by atoms with Gasteiger partial charge >= 0.3 is 0 Å². The van der Waals surface area contributed by atoms with E-state index in [0.717, 1.165) is 22.2 Å². The fourth-order valence-electron chi connectivity index (χ4n) is 2.22. The molecule has 0 aliphatic rings. The monoisotopic (exact) mass is 280 g/mol. The number of para-hydroxylation sites is 1. The minimum absolute atomic E-state index is 0.354. The maximum atomic E-state index is 5.89. The van der Waals surface area contributed by atoms with Crippen molar-refractivity contribution < 1.29 is 4.74 Å². The molecule has 106 valence electrons. The Kier molecular flexibility index (Phi) is 3.75. The highest BCUT2D eigenvalue weighted by atomic mass is 16.5. The van der Waals surface area contributed by atoms with Gasteiger partial charge in [0, 0.05) is 29.8 Å². The molecule has 0 saturated carbocycles. The Balaban J connectivity index is 2.12. The summed E-state index contributed by atoms with van der Waals surface area (Å²) < 4.78 is 5.36. The molecule has 0 fully saturated rings. The zero-order valence-electron chi connectivity index (χ0n) is 11.8. The Hall–Kier alpha value is -2.53. The second-order valence-corrected chi connectivity index (χ2v) is 4.61. The number of nitrogens with zero attached hydrogens (tertiary/aromatic N) is 3. The third-order valence-electron chi connectivity index (χ3n) is 3.14. The van der Waals surface area contributed by atoms with Gasteiger partial charge in [-0.25, -0.2) is 9.97 Å². The number of nitrogen functional groups attached to an aromatic ring is 1.